The molecular weight excluding hydrogens is 296 g/mol. The standard InChI is InChI=1S/C17H30N2O4/c1-17(2,3)23-16(22)18-9-12-4-6-13(7-5-12)10-19-11-14(20)8-15(19)21/h12-14,20H,4-11H2,1-3H3,(H,18,22). The molecule has 1 unspecified atom stereocenters. The fourth-order valence-electron chi connectivity index (χ4n) is 3.40. The van der Waals surface area contributed by atoms with E-state index in [1.165, 1.54) is 0 Å². The van der Waals surface area contributed by atoms with Crippen LogP contribution in [-0.2, 0) is 9.53 Å². The van der Waals surface area contributed by atoms with Gasteiger partial charge >= 0.3 is 6.09 Å². The fraction of sp³-hybridized carbons (Fsp3) is 0.882. The second kappa shape index (κ2) is 7.51. The molecule has 0 bridgehead atoms. The highest BCUT2D eigenvalue weighted by atomic mass is 16.6. The number of likely N-dealkylation sites (tertiary alicyclic amines) is 1. The van der Waals surface area contributed by atoms with Crippen molar-refractivity contribution in [3.63, 3.8) is 0 Å². The van der Waals surface area contributed by atoms with Crippen LogP contribution in [0.2, 0.25) is 0 Å². The van der Waals surface area contributed by atoms with Gasteiger partial charge < -0.3 is 20.1 Å². The molecule has 2 amide bonds. The number of nitrogens with zero attached hydrogens (tertiary/aromatic N) is 1. The quantitative estimate of drug-likeness (QED) is 0.827. The predicted molar refractivity (Wildman–Crippen MR) is 86.9 cm³/mol. The number of alkyl carbamates (subject to hydrolysis) is 1. The second-order valence-corrected chi connectivity index (χ2v) is 7.93. The summed E-state index contributed by atoms with van der Waals surface area (Å²) in [4.78, 5) is 25.2. The van der Waals surface area contributed by atoms with Gasteiger partial charge in [-0.15, -0.1) is 0 Å². The lowest BCUT2D eigenvalue weighted by Crippen LogP contribution is -2.37. The number of carbonyl (C=O) groups excluding carboxylic acids is 2. The smallest absolute Gasteiger partial charge is 0.407 e. The van der Waals surface area contributed by atoms with Crippen LogP contribution < -0.4 is 5.32 Å². The summed E-state index contributed by atoms with van der Waals surface area (Å²) < 4.78 is 5.24. The minimum Gasteiger partial charge on any atom is -0.444 e. The van der Waals surface area contributed by atoms with Crippen molar-refractivity contribution in [2.75, 3.05) is 19.6 Å². The Hall–Kier alpha value is -1.30. The number of hydrogen-bond donors (Lipinski definition) is 2. The molecule has 2 fully saturated rings. The molecule has 1 aliphatic heterocycles. The van der Waals surface area contributed by atoms with E-state index < -0.39 is 11.7 Å². The summed E-state index contributed by atoms with van der Waals surface area (Å²) >= 11 is 0. The third-order valence-corrected chi connectivity index (χ3v) is 4.57. The van der Waals surface area contributed by atoms with E-state index in [0.717, 1.165) is 32.2 Å². The van der Waals surface area contributed by atoms with E-state index in [1.54, 1.807) is 4.90 Å². The summed E-state index contributed by atoms with van der Waals surface area (Å²) in [7, 11) is 0. The van der Waals surface area contributed by atoms with Crippen molar-refractivity contribution in [3.05, 3.63) is 0 Å². The Morgan fingerprint density at radius 2 is 1.87 bits per heavy atom. The van der Waals surface area contributed by atoms with Crippen LogP contribution >= 0.6 is 0 Å². The van der Waals surface area contributed by atoms with Crippen molar-refractivity contribution in [3.8, 4) is 0 Å². The Balaban J connectivity index is 1.64. The van der Waals surface area contributed by atoms with E-state index in [1.807, 2.05) is 20.8 Å². The average molecular weight is 326 g/mol. The topological polar surface area (TPSA) is 78.9 Å². The van der Waals surface area contributed by atoms with Crippen molar-refractivity contribution in [2.45, 2.75) is 64.6 Å². The van der Waals surface area contributed by atoms with Crippen LogP contribution in [0.4, 0.5) is 4.79 Å². The maximum absolute atomic E-state index is 11.7. The third-order valence-electron chi connectivity index (χ3n) is 4.57. The zero-order chi connectivity index (χ0) is 17.0. The monoisotopic (exact) mass is 326 g/mol. The minimum absolute atomic E-state index is 0.0752. The summed E-state index contributed by atoms with van der Waals surface area (Å²) in [5.41, 5.74) is -0.464. The highest BCUT2D eigenvalue weighted by Gasteiger charge is 2.31. The summed E-state index contributed by atoms with van der Waals surface area (Å²) in [5, 5.41) is 12.4. The molecule has 2 aliphatic rings. The van der Waals surface area contributed by atoms with Crippen LogP contribution in [0.25, 0.3) is 0 Å². The number of aliphatic hydroxyl groups excluding tert-OH is 1. The first kappa shape index (κ1) is 18.0. The Labute approximate surface area is 138 Å². The van der Waals surface area contributed by atoms with Gasteiger partial charge in [-0.05, 0) is 58.3 Å². The van der Waals surface area contributed by atoms with Gasteiger partial charge in [-0.3, -0.25) is 4.79 Å². The largest absolute Gasteiger partial charge is 0.444 e. The van der Waals surface area contributed by atoms with Crippen molar-refractivity contribution in [2.24, 2.45) is 11.8 Å². The van der Waals surface area contributed by atoms with Crippen molar-refractivity contribution in [1.29, 1.82) is 0 Å². The molecule has 0 aromatic rings. The summed E-state index contributed by atoms with van der Waals surface area (Å²) in [5.74, 6) is 1.08. The summed E-state index contributed by atoms with van der Waals surface area (Å²) in [6.45, 7) is 7.47. The van der Waals surface area contributed by atoms with Crippen LogP contribution in [0, 0.1) is 11.8 Å². The van der Waals surface area contributed by atoms with Gasteiger partial charge in [0.2, 0.25) is 5.91 Å². The van der Waals surface area contributed by atoms with E-state index >= 15 is 0 Å². The van der Waals surface area contributed by atoms with Gasteiger partial charge in [-0.2, -0.15) is 0 Å². The molecule has 1 aliphatic carbocycles. The van der Waals surface area contributed by atoms with Gasteiger partial charge in [0.1, 0.15) is 5.60 Å². The molecule has 2 rings (SSSR count). The molecule has 132 valence electrons. The second-order valence-electron chi connectivity index (χ2n) is 7.93. The first-order valence-electron chi connectivity index (χ1n) is 8.65. The van der Waals surface area contributed by atoms with Crippen molar-refractivity contribution >= 4 is 12.0 Å². The Kier molecular flexibility index (Phi) is 5.89. The third kappa shape index (κ3) is 6.01. The minimum atomic E-state index is -0.489. The van der Waals surface area contributed by atoms with Gasteiger partial charge in [-0.1, -0.05) is 0 Å². The molecule has 23 heavy (non-hydrogen) atoms. The van der Waals surface area contributed by atoms with E-state index in [-0.39, 0.29) is 18.4 Å². The number of rotatable bonds is 4. The van der Waals surface area contributed by atoms with Crippen LogP contribution in [-0.4, -0.2) is 53.3 Å². The molecule has 6 nitrogen and oxygen atoms in total. The van der Waals surface area contributed by atoms with E-state index in [2.05, 4.69) is 5.32 Å². The number of ether oxygens (including phenoxy) is 1. The normalized spacial score (nSPS) is 28.8. The molecule has 1 heterocycles. The van der Waals surface area contributed by atoms with Gasteiger partial charge in [-0.25, -0.2) is 4.79 Å². The molecule has 0 aromatic heterocycles. The van der Waals surface area contributed by atoms with Crippen LogP contribution in [0.5, 0.6) is 0 Å². The maximum atomic E-state index is 11.7. The Morgan fingerprint density at radius 1 is 1.26 bits per heavy atom. The van der Waals surface area contributed by atoms with Crippen molar-refractivity contribution in [1.82, 2.24) is 10.2 Å². The average Bonchev–Trinajstić information content (AvgIpc) is 2.74. The van der Waals surface area contributed by atoms with Gasteiger partial charge in [0, 0.05) is 19.6 Å². The first-order chi connectivity index (χ1) is 10.7. The molecule has 0 radical (unpaired) electrons. The van der Waals surface area contributed by atoms with Gasteiger partial charge in [0.15, 0.2) is 0 Å². The maximum Gasteiger partial charge on any atom is 0.407 e. The molecule has 1 saturated carbocycles. The van der Waals surface area contributed by atoms with E-state index in [9.17, 15) is 14.7 Å². The van der Waals surface area contributed by atoms with Gasteiger partial charge in [0.05, 0.1) is 12.5 Å². The van der Waals surface area contributed by atoms with Crippen LogP contribution in [0.15, 0.2) is 0 Å². The fourth-order valence-corrected chi connectivity index (χ4v) is 3.40. The number of hydrogen-bond acceptors (Lipinski definition) is 4. The molecule has 0 aromatic carbocycles. The molecule has 1 atom stereocenters. The Bertz CT molecular complexity index is 425. The van der Waals surface area contributed by atoms with Crippen LogP contribution in [0.1, 0.15) is 52.9 Å². The number of β-amino-alcohol motifs (C(OH)–C–C–N with tert-alkyl or cyclic N) is 1. The zero-order valence-corrected chi connectivity index (χ0v) is 14.5. The molecular formula is C17H30N2O4. The highest BCUT2D eigenvalue weighted by Crippen LogP contribution is 2.30. The SMILES string of the molecule is CC(C)(C)OC(=O)NCC1CCC(CN2CC(O)CC2=O)CC1. The number of nitrogens with one attached hydrogen (secondary N) is 1. The number of amides is 2. The van der Waals surface area contributed by atoms with Crippen molar-refractivity contribution < 1.29 is 19.4 Å². The first-order valence-corrected chi connectivity index (χ1v) is 8.65. The Morgan fingerprint density at radius 3 is 2.39 bits per heavy atom. The van der Waals surface area contributed by atoms with Crippen LogP contribution in [0.3, 0.4) is 0 Å². The summed E-state index contributed by atoms with van der Waals surface area (Å²) in [6.07, 6.45) is 3.69. The lowest BCUT2D eigenvalue weighted by molar-refractivity contribution is -0.128. The van der Waals surface area contributed by atoms with E-state index in [4.69, 9.17) is 4.74 Å². The summed E-state index contributed by atoms with van der Waals surface area (Å²) in [6, 6.07) is 0. The number of carbonyl (C=O) groups is 2. The molecule has 0 spiro atoms. The lowest BCUT2D eigenvalue weighted by Gasteiger charge is -2.31. The van der Waals surface area contributed by atoms with E-state index in [0.29, 0.717) is 24.9 Å². The lowest BCUT2D eigenvalue weighted by atomic mass is 9.82. The zero-order valence-electron chi connectivity index (χ0n) is 14.5. The molecule has 6 heteroatoms. The predicted octanol–water partition coefficient (Wildman–Crippen LogP) is 1.91. The highest BCUT2D eigenvalue weighted by molar-refractivity contribution is 5.79. The van der Waals surface area contributed by atoms with Gasteiger partial charge in [0.25, 0.3) is 0 Å². The number of aliphatic hydroxyl groups is 1. The molecule has 2 N–H and O–H groups in total. The molecule has 1 saturated heterocycles.